The zero-order valence-electron chi connectivity index (χ0n) is 19.9. The molecule has 1 atom stereocenters. The first-order valence-corrected chi connectivity index (χ1v) is 11.3. The molecule has 8 nitrogen and oxygen atoms in total. The molecule has 4 rings (SSSR count). The zero-order valence-corrected chi connectivity index (χ0v) is 19.9. The molecule has 0 spiro atoms. The van der Waals surface area contributed by atoms with Crippen molar-refractivity contribution in [2.24, 2.45) is 0 Å². The molecule has 1 aromatic heterocycles. The number of carbonyl (C=O) groups excluding carboxylic acids is 2. The lowest BCUT2D eigenvalue weighted by Crippen LogP contribution is -2.46. The zero-order chi connectivity index (χ0) is 25.1. The van der Waals surface area contributed by atoms with Crippen LogP contribution >= 0.6 is 0 Å². The van der Waals surface area contributed by atoms with E-state index in [1.54, 1.807) is 24.5 Å². The van der Waals surface area contributed by atoms with E-state index in [2.05, 4.69) is 10.3 Å². The Morgan fingerprint density at radius 2 is 1.86 bits per heavy atom. The van der Waals surface area contributed by atoms with Crippen LogP contribution in [-0.2, 0) is 14.4 Å². The third kappa shape index (κ3) is 5.32. The number of nitrogens with one attached hydrogen (secondary N) is 1. The monoisotopic (exact) mass is 473 g/mol. The molecule has 0 saturated carbocycles. The largest absolute Gasteiger partial charge is 0.482 e. The molecule has 0 fully saturated rings. The van der Waals surface area contributed by atoms with Gasteiger partial charge in [-0.3, -0.25) is 24.3 Å². The van der Waals surface area contributed by atoms with Crippen LogP contribution in [-0.4, -0.2) is 41.0 Å². The predicted octanol–water partition coefficient (Wildman–Crippen LogP) is 3.73. The molecule has 2 N–H and O–H groups in total. The van der Waals surface area contributed by atoms with Crippen LogP contribution in [0.2, 0.25) is 0 Å². The second-order valence-electron chi connectivity index (χ2n) is 8.73. The fourth-order valence-electron chi connectivity index (χ4n) is 4.35. The summed E-state index contributed by atoms with van der Waals surface area (Å²) >= 11 is 0. The smallest absolute Gasteiger partial charge is 0.305 e. The van der Waals surface area contributed by atoms with Gasteiger partial charge in [-0.05, 0) is 66.8 Å². The van der Waals surface area contributed by atoms with E-state index in [1.165, 1.54) is 4.90 Å². The van der Waals surface area contributed by atoms with Gasteiger partial charge in [0.1, 0.15) is 12.3 Å². The maximum atomic E-state index is 13.0. The van der Waals surface area contributed by atoms with Crippen LogP contribution < -0.4 is 15.0 Å². The minimum absolute atomic E-state index is 0.163. The van der Waals surface area contributed by atoms with E-state index >= 15 is 0 Å². The first kappa shape index (κ1) is 23.9. The molecular formula is C27H27N3O5. The van der Waals surface area contributed by atoms with Crippen LogP contribution in [0.15, 0.2) is 54.9 Å². The molecule has 3 aromatic rings. The Bertz CT molecular complexity index is 1280. The number of aromatic nitrogens is 1. The lowest BCUT2D eigenvalue weighted by atomic mass is 9.94. The van der Waals surface area contributed by atoms with Gasteiger partial charge in [0, 0.05) is 18.0 Å². The summed E-state index contributed by atoms with van der Waals surface area (Å²) in [6.07, 6.45) is 2.96. The highest BCUT2D eigenvalue weighted by Crippen LogP contribution is 2.33. The normalized spacial score (nSPS) is 13.6. The lowest BCUT2D eigenvalue weighted by molar-refractivity contribution is -0.138. The van der Waals surface area contributed by atoms with Crippen molar-refractivity contribution in [3.63, 3.8) is 0 Å². The van der Waals surface area contributed by atoms with Crippen LogP contribution in [0.25, 0.3) is 11.1 Å². The molecule has 1 aliphatic heterocycles. The molecule has 0 unspecified atom stereocenters. The number of hydrogen-bond donors (Lipinski definition) is 2. The number of carboxylic acids is 1. The second-order valence-corrected chi connectivity index (χ2v) is 8.73. The molecule has 2 amide bonds. The van der Waals surface area contributed by atoms with E-state index in [0.717, 1.165) is 27.8 Å². The Labute approximate surface area is 203 Å². The van der Waals surface area contributed by atoms with Crippen molar-refractivity contribution >= 4 is 23.5 Å². The molecule has 0 radical (unpaired) electrons. The first-order valence-electron chi connectivity index (χ1n) is 11.3. The quantitative estimate of drug-likeness (QED) is 0.541. The van der Waals surface area contributed by atoms with E-state index in [4.69, 9.17) is 4.74 Å². The topological polar surface area (TPSA) is 109 Å². The van der Waals surface area contributed by atoms with Crippen molar-refractivity contribution in [3.05, 3.63) is 77.1 Å². The van der Waals surface area contributed by atoms with E-state index in [-0.39, 0.29) is 25.5 Å². The summed E-state index contributed by atoms with van der Waals surface area (Å²) in [6, 6.07) is 12.4. The number of carboxylic acid groups (broad SMARTS) is 1. The molecular weight excluding hydrogens is 446 g/mol. The average molecular weight is 474 g/mol. The van der Waals surface area contributed by atoms with Gasteiger partial charge in [0.05, 0.1) is 18.2 Å². The number of aryl methyl sites for hydroxylation is 3. The number of fused-ring (bicyclic) bond motifs is 1. The summed E-state index contributed by atoms with van der Waals surface area (Å²) < 4.78 is 5.47. The molecule has 0 aliphatic carbocycles. The molecule has 1 aliphatic rings. The fraction of sp³-hybridized carbons (Fsp3) is 0.259. The summed E-state index contributed by atoms with van der Waals surface area (Å²) in [7, 11) is 0. The number of nitrogens with zero attached hydrogens (tertiary/aromatic N) is 2. The molecule has 35 heavy (non-hydrogen) atoms. The summed E-state index contributed by atoms with van der Waals surface area (Å²) in [5.74, 6) is -1.35. The SMILES string of the molecule is Cc1ccc2c(c1)N(CC(=O)N[C@@H](CC(=O)O)c1cncc(-c3c(C)cccc3C)c1)C(=O)CO2. The molecule has 8 heteroatoms. The number of rotatable bonds is 7. The van der Waals surface area contributed by atoms with Gasteiger partial charge in [0.2, 0.25) is 5.91 Å². The fourth-order valence-corrected chi connectivity index (χ4v) is 4.35. The Morgan fingerprint density at radius 3 is 2.57 bits per heavy atom. The van der Waals surface area contributed by atoms with Crippen molar-refractivity contribution in [2.75, 3.05) is 18.1 Å². The van der Waals surface area contributed by atoms with Crippen LogP contribution in [0.3, 0.4) is 0 Å². The summed E-state index contributed by atoms with van der Waals surface area (Å²) in [5, 5.41) is 12.3. The van der Waals surface area contributed by atoms with Gasteiger partial charge in [-0.25, -0.2) is 0 Å². The minimum Gasteiger partial charge on any atom is -0.482 e. The minimum atomic E-state index is -1.06. The van der Waals surface area contributed by atoms with Crippen molar-refractivity contribution in [3.8, 4) is 16.9 Å². The molecule has 0 saturated heterocycles. The first-order chi connectivity index (χ1) is 16.7. The van der Waals surface area contributed by atoms with Gasteiger partial charge in [0.25, 0.3) is 5.91 Å². The van der Waals surface area contributed by atoms with Crippen molar-refractivity contribution in [2.45, 2.75) is 33.2 Å². The van der Waals surface area contributed by atoms with Gasteiger partial charge in [-0.1, -0.05) is 24.3 Å². The number of carbonyl (C=O) groups is 3. The third-order valence-corrected chi connectivity index (χ3v) is 6.00. The predicted molar refractivity (Wildman–Crippen MR) is 131 cm³/mol. The van der Waals surface area contributed by atoms with E-state index in [9.17, 15) is 19.5 Å². The third-order valence-electron chi connectivity index (χ3n) is 6.00. The van der Waals surface area contributed by atoms with Crippen LogP contribution in [0.5, 0.6) is 5.75 Å². The van der Waals surface area contributed by atoms with Gasteiger partial charge in [0.15, 0.2) is 6.61 Å². The van der Waals surface area contributed by atoms with Crippen LogP contribution in [0.4, 0.5) is 5.69 Å². The highest BCUT2D eigenvalue weighted by Gasteiger charge is 2.29. The Kier molecular flexibility index (Phi) is 6.82. The summed E-state index contributed by atoms with van der Waals surface area (Å²) in [6.45, 7) is 5.48. The van der Waals surface area contributed by atoms with Gasteiger partial charge in [-0.15, -0.1) is 0 Å². The standard InChI is InChI=1S/C27H27N3O5/c1-16-7-8-23-22(9-16)30(25(32)15-35-23)14-24(31)29-21(11-26(33)34)19-10-20(13-28-12-19)27-17(2)5-4-6-18(27)3/h4-10,12-13,21H,11,14-15H2,1-3H3,(H,29,31)(H,33,34)/t21-/m0/s1. The van der Waals surface area contributed by atoms with E-state index in [0.29, 0.717) is 17.0 Å². The van der Waals surface area contributed by atoms with Crippen molar-refractivity contribution in [1.29, 1.82) is 0 Å². The Balaban J connectivity index is 1.59. The number of hydrogen-bond acceptors (Lipinski definition) is 5. The Hall–Kier alpha value is -4.20. The number of amides is 2. The van der Waals surface area contributed by atoms with Gasteiger partial charge >= 0.3 is 5.97 Å². The highest BCUT2D eigenvalue weighted by molar-refractivity contribution is 6.02. The van der Waals surface area contributed by atoms with Crippen molar-refractivity contribution < 1.29 is 24.2 Å². The number of aliphatic carboxylic acids is 1. The Morgan fingerprint density at radius 1 is 1.11 bits per heavy atom. The van der Waals surface area contributed by atoms with E-state index in [1.807, 2.05) is 51.1 Å². The van der Waals surface area contributed by atoms with E-state index < -0.39 is 17.9 Å². The van der Waals surface area contributed by atoms with Crippen LogP contribution in [0.1, 0.15) is 34.7 Å². The highest BCUT2D eigenvalue weighted by atomic mass is 16.5. The summed E-state index contributed by atoms with van der Waals surface area (Å²) in [4.78, 5) is 42.8. The number of anilines is 1. The van der Waals surface area contributed by atoms with Gasteiger partial charge in [-0.2, -0.15) is 0 Å². The summed E-state index contributed by atoms with van der Waals surface area (Å²) in [5.41, 5.74) is 6.02. The number of pyridine rings is 1. The molecule has 0 bridgehead atoms. The van der Waals surface area contributed by atoms with Crippen molar-refractivity contribution in [1.82, 2.24) is 10.3 Å². The maximum Gasteiger partial charge on any atom is 0.305 e. The van der Waals surface area contributed by atoms with Crippen LogP contribution in [0, 0.1) is 20.8 Å². The second kappa shape index (κ2) is 9.97. The maximum absolute atomic E-state index is 13.0. The molecule has 2 aromatic carbocycles. The molecule has 180 valence electrons. The number of benzene rings is 2. The average Bonchev–Trinajstić information content (AvgIpc) is 2.80. The van der Waals surface area contributed by atoms with Gasteiger partial charge < -0.3 is 15.2 Å². The molecule has 2 heterocycles. The lowest BCUT2D eigenvalue weighted by Gasteiger charge is -2.29. The number of ether oxygens (including phenoxy) is 1.